The topological polar surface area (TPSA) is 55.6 Å². The van der Waals surface area contributed by atoms with E-state index in [0.717, 1.165) is 12.5 Å². The lowest BCUT2D eigenvalue weighted by molar-refractivity contribution is -0.139. The number of nitrogens with two attached hydrogens (primary N) is 1. The molecule has 0 radical (unpaired) electrons. The normalized spacial score (nSPS) is 16.4. The number of carbonyl (C=O) groups is 1. The molecule has 1 heterocycles. The predicted octanol–water partition coefficient (Wildman–Crippen LogP) is 2.60. The lowest BCUT2D eigenvalue weighted by atomic mass is 10.0. The van der Waals surface area contributed by atoms with Gasteiger partial charge in [-0.2, -0.15) is 13.2 Å². The molecule has 1 aromatic rings. The molecular weight excluding hydrogens is 321 g/mol. The number of nitrogens with zero attached hydrogens (tertiary/aromatic N) is 1. The molecule has 134 valence electrons. The Morgan fingerprint density at radius 3 is 2.54 bits per heavy atom. The first-order valence-electron chi connectivity index (χ1n) is 8.16. The van der Waals surface area contributed by atoms with Crippen LogP contribution in [0.15, 0.2) is 24.3 Å². The van der Waals surface area contributed by atoms with Crippen LogP contribution in [-0.2, 0) is 22.1 Å². The molecule has 0 unspecified atom stereocenters. The van der Waals surface area contributed by atoms with Crippen molar-refractivity contribution in [2.45, 2.75) is 38.0 Å². The minimum Gasteiger partial charge on any atom is -0.378 e. The molecule has 0 aliphatic carbocycles. The van der Waals surface area contributed by atoms with E-state index in [1.54, 1.807) is 4.90 Å². The van der Waals surface area contributed by atoms with Crippen LogP contribution in [0.1, 0.15) is 30.4 Å². The van der Waals surface area contributed by atoms with Crippen LogP contribution in [0.2, 0.25) is 0 Å². The zero-order valence-electron chi connectivity index (χ0n) is 13.5. The number of benzene rings is 1. The number of rotatable bonds is 6. The van der Waals surface area contributed by atoms with Crippen LogP contribution in [0.3, 0.4) is 0 Å². The van der Waals surface area contributed by atoms with Crippen molar-refractivity contribution in [1.29, 1.82) is 0 Å². The lowest BCUT2D eigenvalue weighted by Crippen LogP contribution is -2.41. The Morgan fingerprint density at radius 2 is 1.92 bits per heavy atom. The highest BCUT2D eigenvalue weighted by Gasteiger charge is 2.34. The zero-order valence-corrected chi connectivity index (χ0v) is 13.5. The summed E-state index contributed by atoms with van der Waals surface area (Å²) in [7, 11) is 0. The molecule has 1 saturated heterocycles. The highest BCUT2D eigenvalue weighted by atomic mass is 19.4. The molecule has 1 amide bonds. The summed E-state index contributed by atoms with van der Waals surface area (Å²) in [5, 5.41) is 0. The van der Waals surface area contributed by atoms with Crippen molar-refractivity contribution in [3.05, 3.63) is 35.4 Å². The minimum absolute atomic E-state index is 0.0244. The van der Waals surface area contributed by atoms with Gasteiger partial charge in [0, 0.05) is 19.7 Å². The first-order chi connectivity index (χ1) is 11.4. The van der Waals surface area contributed by atoms with Crippen molar-refractivity contribution < 1.29 is 22.7 Å². The van der Waals surface area contributed by atoms with Crippen molar-refractivity contribution in [1.82, 2.24) is 4.90 Å². The standard InChI is InChI=1S/C17H23F3N2O2/c18-17(19,20)15-5-2-1-4-13(15)12-16(23)22-9-6-14(7-10-22)24-11-3-8-21/h1-2,4-5,14H,3,6-12,21H2. The Kier molecular flexibility index (Phi) is 6.62. The Morgan fingerprint density at radius 1 is 1.25 bits per heavy atom. The largest absolute Gasteiger partial charge is 0.416 e. The third-order valence-corrected chi connectivity index (χ3v) is 4.16. The number of alkyl halides is 3. The monoisotopic (exact) mass is 344 g/mol. The van der Waals surface area contributed by atoms with E-state index in [0.29, 0.717) is 39.1 Å². The number of piperidine rings is 1. The second kappa shape index (κ2) is 8.48. The van der Waals surface area contributed by atoms with E-state index < -0.39 is 11.7 Å². The van der Waals surface area contributed by atoms with Crippen LogP contribution in [0.25, 0.3) is 0 Å². The van der Waals surface area contributed by atoms with E-state index in [1.807, 2.05) is 0 Å². The summed E-state index contributed by atoms with van der Waals surface area (Å²) in [4.78, 5) is 13.9. The average Bonchev–Trinajstić information content (AvgIpc) is 2.55. The highest BCUT2D eigenvalue weighted by Crippen LogP contribution is 2.32. The molecule has 4 nitrogen and oxygen atoms in total. The SMILES string of the molecule is NCCCOC1CCN(C(=O)Cc2ccccc2C(F)(F)F)CC1. The van der Waals surface area contributed by atoms with E-state index in [9.17, 15) is 18.0 Å². The van der Waals surface area contributed by atoms with Crippen LogP contribution >= 0.6 is 0 Å². The van der Waals surface area contributed by atoms with Gasteiger partial charge in [0.1, 0.15) is 0 Å². The zero-order chi connectivity index (χ0) is 17.6. The molecule has 0 bridgehead atoms. The quantitative estimate of drug-likeness (QED) is 0.807. The van der Waals surface area contributed by atoms with E-state index in [2.05, 4.69) is 0 Å². The second-order valence-corrected chi connectivity index (χ2v) is 5.92. The van der Waals surface area contributed by atoms with E-state index in [4.69, 9.17) is 10.5 Å². The molecule has 1 aliphatic rings. The Balaban J connectivity index is 1.89. The molecule has 7 heteroatoms. The molecular formula is C17H23F3N2O2. The number of carbonyl (C=O) groups excluding carboxylic acids is 1. The van der Waals surface area contributed by atoms with Crippen LogP contribution in [0, 0.1) is 0 Å². The van der Waals surface area contributed by atoms with Gasteiger partial charge in [-0.15, -0.1) is 0 Å². The summed E-state index contributed by atoms with van der Waals surface area (Å²) >= 11 is 0. The minimum atomic E-state index is -4.44. The van der Waals surface area contributed by atoms with Crippen LogP contribution < -0.4 is 5.73 Å². The Bertz CT molecular complexity index is 541. The number of hydrogen-bond donors (Lipinski definition) is 1. The van der Waals surface area contributed by atoms with Crippen LogP contribution in [-0.4, -0.2) is 43.2 Å². The summed E-state index contributed by atoms with van der Waals surface area (Å²) in [6, 6.07) is 5.24. The smallest absolute Gasteiger partial charge is 0.378 e. The Hall–Kier alpha value is -1.60. The molecule has 2 N–H and O–H groups in total. The molecule has 24 heavy (non-hydrogen) atoms. The van der Waals surface area contributed by atoms with E-state index >= 15 is 0 Å². The van der Waals surface area contributed by atoms with Crippen molar-refractivity contribution in [2.75, 3.05) is 26.2 Å². The van der Waals surface area contributed by atoms with Gasteiger partial charge < -0.3 is 15.4 Å². The summed E-state index contributed by atoms with van der Waals surface area (Å²) in [6.45, 7) is 2.21. The fraction of sp³-hybridized carbons (Fsp3) is 0.588. The first-order valence-corrected chi connectivity index (χ1v) is 8.16. The second-order valence-electron chi connectivity index (χ2n) is 5.92. The van der Waals surface area contributed by atoms with Gasteiger partial charge in [-0.1, -0.05) is 18.2 Å². The van der Waals surface area contributed by atoms with Crippen molar-refractivity contribution in [3.8, 4) is 0 Å². The number of likely N-dealkylation sites (tertiary alicyclic amines) is 1. The fourth-order valence-electron chi connectivity index (χ4n) is 2.83. The van der Waals surface area contributed by atoms with Gasteiger partial charge in [0.2, 0.25) is 5.91 Å². The molecule has 1 fully saturated rings. The van der Waals surface area contributed by atoms with Crippen LogP contribution in [0.4, 0.5) is 13.2 Å². The van der Waals surface area contributed by atoms with E-state index in [1.165, 1.54) is 18.2 Å². The number of ether oxygens (including phenoxy) is 1. The number of amides is 1. The van der Waals surface area contributed by atoms with Crippen LogP contribution in [0.5, 0.6) is 0 Å². The van der Waals surface area contributed by atoms with Gasteiger partial charge in [0.05, 0.1) is 18.1 Å². The number of halogens is 3. The molecule has 0 atom stereocenters. The molecule has 2 rings (SSSR count). The first kappa shape index (κ1) is 18.7. The Labute approximate surface area is 139 Å². The van der Waals surface area contributed by atoms with Gasteiger partial charge in [-0.25, -0.2) is 0 Å². The fourth-order valence-corrected chi connectivity index (χ4v) is 2.83. The summed E-state index contributed by atoms with van der Waals surface area (Å²) < 4.78 is 44.6. The number of hydrogen-bond acceptors (Lipinski definition) is 3. The summed E-state index contributed by atoms with van der Waals surface area (Å²) in [5.74, 6) is -0.271. The molecule has 0 aromatic heterocycles. The van der Waals surface area contributed by atoms with Gasteiger partial charge >= 0.3 is 6.18 Å². The maximum atomic E-state index is 13.0. The molecule has 1 aromatic carbocycles. The maximum absolute atomic E-state index is 13.0. The third kappa shape index (κ3) is 5.21. The van der Waals surface area contributed by atoms with Crippen molar-refractivity contribution >= 4 is 5.91 Å². The van der Waals surface area contributed by atoms with Crippen molar-refractivity contribution in [2.24, 2.45) is 5.73 Å². The maximum Gasteiger partial charge on any atom is 0.416 e. The summed E-state index contributed by atoms with van der Waals surface area (Å²) in [6.07, 6.45) is -2.36. The summed E-state index contributed by atoms with van der Waals surface area (Å²) in [5.41, 5.74) is 4.70. The van der Waals surface area contributed by atoms with Crippen molar-refractivity contribution in [3.63, 3.8) is 0 Å². The average molecular weight is 344 g/mol. The molecule has 0 saturated carbocycles. The van der Waals surface area contributed by atoms with Gasteiger partial charge in [-0.3, -0.25) is 4.79 Å². The molecule has 0 spiro atoms. The lowest BCUT2D eigenvalue weighted by Gasteiger charge is -2.32. The highest BCUT2D eigenvalue weighted by molar-refractivity contribution is 5.79. The van der Waals surface area contributed by atoms with Gasteiger partial charge in [0.15, 0.2) is 0 Å². The predicted molar refractivity (Wildman–Crippen MR) is 84.4 cm³/mol. The third-order valence-electron chi connectivity index (χ3n) is 4.16. The van der Waals surface area contributed by atoms with Gasteiger partial charge in [-0.05, 0) is 37.4 Å². The van der Waals surface area contributed by atoms with E-state index in [-0.39, 0.29) is 24.0 Å². The van der Waals surface area contributed by atoms with Gasteiger partial charge in [0.25, 0.3) is 0 Å². The molecule has 1 aliphatic heterocycles.